The van der Waals surface area contributed by atoms with Gasteiger partial charge in [-0.2, -0.15) is 0 Å². The van der Waals surface area contributed by atoms with E-state index >= 15 is 0 Å². The Labute approximate surface area is 200 Å². The zero-order valence-electron chi connectivity index (χ0n) is 18.0. The zero-order valence-corrected chi connectivity index (χ0v) is 18.8. The van der Waals surface area contributed by atoms with Gasteiger partial charge in [-0.1, -0.05) is 60.1 Å². The molecule has 5 rings (SSSR count). The van der Waals surface area contributed by atoms with E-state index in [-0.39, 0.29) is 42.2 Å². The highest BCUT2D eigenvalue weighted by molar-refractivity contribution is 6.33. The number of aliphatic carboxylic acids is 1. The molecule has 0 radical (unpaired) electrons. The molecule has 1 saturated heterocycles. The number of halogens is 1. The van der Waals surface area contributed by atoms with Crippen LogP contribution in [0.2, 0.25) is 5.02 Å². The number of rotatable bonds is 5. The molecule has 7 nitrogen and oxygen atoms in total. The number of hydrogen-bond donors (Lipinski definition) is 2. The van der Waals surface area contributed by atoms with Crippen LogP contribution < -0.4 is 5.32 Å². The number of ether oxygens (including phenoxy) is 1. The number of fused-ring (bicyclic) bond motifs is 3. The summed E-state index contributed by atoms with van der Waals surface area (Å²) in [6.45, 7) is 0.471. The van der Waals surface area contributed by atoms with Crippen molar-refractivity contribution in [3.05, 3.63) is 88.4 Å². The topological polar surface area (TPSA) is 95.9 Å². The molecule has 1 fully saturated rings. The molecule has 8 heteroatoms. The first kappa shape index (κ1) is 22.0. The molecule has 0 unspecified atom stereocenters. The fourth-order valence-electron chi connectivity index (χ4n) is 4.48. The van der Waals surface area contributed by atoms with Gasteiger partial charge in [0.25, 0.3) is 5.91 Å². The van der Waals surface area contributed by atoms with Gasteiger partial charge in [-0.25, -0.2) is 4.79 Å². The van der Waals surface area contributed by atoms with E-state index in [2.05, 4.69) is 17.4 Å². The third-order valence-electron chi connectivity index (χ3n) is 6.31. The van der Waals surface area contributed by atoms with E-state index in [1.54, 1.807) is 6.07 Å². The van der Waals surface area contributed by atoms with Crippen molar-refractivity contribution in [3.63, 3.8) is 0 Å². The van der Waals surface area contributed by atoms with Crippen LogP contribution in [-0.2, 0) is 9.53 Å². The van der Waals surface area contributed by atoms with Crippen molar-refractivity contribution in [2.75, 3.05) is 25.0 Å². The van der Waals surface area contributed by atoms with Crippen molar-refractivity contribution >= 4 is 35.3 Å². The number of carbonyl (C=O) groups excluding carboxylic acids is 2. The number of carbonyl (C=O) groups is 3. The van der Waals surface area contributed by atoms with Gasteiger partial charge in [0, 0.05) is 24.6 Å². The van der Waals surface area contributed by atoms with Crippen LogP contribution in [0.5, 0.6) is 0 Å². The van der Waals surface area contributed by atoms with Crippen LogP contribution in [0.3, 0.4) is 0 Å². The van der Waals surface area contributed by atoms with E-state index in [1.807, 2.05) is 36.4 Å². The second-order valence-electron chi connectivity index (χ2n) is 8.39. The molecule has 0 spiro atoms. The largest absolute Gasteiger partial charge is 0.481 e. The molecule has 2 N–H and O–H groups in total. The maximum absolute atomic E-state index is 12.6. The van der Waals surface area contributed by atoms with Gasteiger partial charge in [-0.05, 0) is 40.5 Å². The minimum absolute atomic E-state index is 0.0740. The highest BCUT2D eigenvalue weighted by Crippen LogP contribution is 2.44. The lowest BCUT2D eigenvalue weighted by Crippen LogP contribution is -2.53. The van der Waals surface area contributed by atoms with Crippen LogP contribution in [0.4, 0.5) is 10.5 Å². The Kier molecular flexibility index (Phi) is 5.71. The molecule has 1 aliphatic carbocycles. The van der Waals surface area contributed by atoms with Crippen LogP contribution in [0.1, 0.15) is 27.4 Å². The summed E-state index contributed by atoms with van der Waals surface area (Å²) >= 11 is 6.23. The molecule has 172 valence electrons. The summed E-state index contributed by atoms with van der Waals surface area (Å²) in [5.74, 6) is -1.85. The molecular weight excluding hydrogens is 456 g/mol. The molecular formula is C26H21ClN2O5. The summed E-state index contributed by atoms with van der Waals surface area (Å²) in [5.41, 5.74) is 5.05. The highest BCUT2D eigenvalue weighted by Gasteiger charge is 2.36. The van der Waals surface area contributed by atoms with E-state index in [0.29, 0.717) is 5.56 Å². The van der Waals surface area contributed by atoms with Gasteiger partial charge in [0.05, 0.1) is 16.6 Å². The lowest BCUT2D eigenvalue weighted by atomic mass is 9.98. The maximum atomic E-state index is 12.6. The molecule has 3 aromatic carbocycles. The van der Waals surface area contributed by atoms with Crippen molar-refractivity contribution < 1.29 is 24.2 Å². The van der Waals surface area contributed by atoms with Crippen molar-refractivity contribution in [2.45, 2.75) is 5.92 Å². The summed E-state index contributed by atoms with van der Waals surface area (Å²) in [6.07, 6.45) is -0.678. The third kappa shape index (κ3) is 3.99. The Hall–Kier alpha value is -3.84. The van der Waals surface area contributed by atoms with Crippen molar-refractivity contribution in [3.8, 4) is 11.1 Å². The number of anilines is 1. The van der Waals surface area contributed by atoms with Crippen LogP contribution in [0.25, 0.3) is 11.1 Å². The number of nitrogens with one attached hydrogen (secondary N) is 1. The Balaban J connectivity index is 1.25. The number of benzene rings is 3. The lowest BCUT2D eigenvalue weighted by Gasteiger charge is -2.36. The van der Waals surface area contributed by atoms with E-state index in [4.69, 9.17) is 21.4 Å². The van der Waals surface area contributed by atoms with Crippen molar-refractivity contribution in [1.82, 2.24) is 4.90 Å². The molecule has 2 aliphatic rings. The molecule has 1 heterocycles. The van der Waals surface area contributed by atoms with Gasteiger partial charge in [-0.3, -0.25) is 14.9 Å². The lowest BCUT2D eigenvalue weighted by molar-refractivity contribution is -0.146. The fourth-order valence-corrected chi connectivity index (χ4v) is 4.65. The van der Waals surface area contributed by atoms with Gasteiger partial charge in [-0.15, -0.1) is 0 Å². The van der Waals surface area contributed by atoms with Crippen LogP contribution in [0, 0.1) is 5.92 Å². The van der Waals surface area contributed by atoms with Crippen LogP contribution in [-0.4, -0.2) is 47.7 Å². The van der Waals surface area contributed by atoms with Gasteiger partial charge in [0.15, 0.2) is 0 Å². The maximum Gasteiger partial charge on any atom is 0.411 e. The van der Waals surface area contributed by atoms with E-state index in [9.17, 15) is 14.4 Å². The van der Waals surface area contributed by atoms with Crippen LogP contribution >= 0.6 is 11.6 Å². The molecule has 1 aliphatic heterocycles. The second-order valence-corrected chi connectivity index (χ2v) is 8.80. The molecule has 34 heavy (non-hydrogen) atoms. The number of carboxylic acids is 1. The quantitative estimate of drug-likeness (QED) is 0.548. The Bertz CT molecular complexity index is 1260. The van der Waals surface area contributed by atoms with E-state index in [1.165, 1.54) is 17.0 Å². The Morgan fingerprint density at radius 2 is 1.59 bits per heavy atom. The van der Waals surface area contributed by atoms with Gasteiger partial charge >= 0.3 is 12.1 Å². The Morgan fingerprint density at radius 3 is 2.21 bits per heavy atom. The van der Waals surface area contributed by atoms with Gasteiger partial charge in [0.1, 0.15) is 6.61 Å². The molecule has 0 bridgehead atoms. The summed E-state index contributed by atoms with van der Waals surface area (Å²) in [4.78, 5) is 37.6. The average molecular weight is 477 g/mol. The first-order valence-corrected chi connectivity index (χ1v) is 11.2. The molecule has 2 amide bonds. The van der Waals surface area contributed by atoms with Gasteiger partial charge < -0.3 is 14.7 Å². The number of hydrogen-bond acceptors (Lipinski definition) is 4. The number of nitrogens with zero attached hydrogens (tertiary/aromatic N) is 1. The minimum atomic E-state index is -0.919. The van der Waals surface area contributed by atoms with E-state index in [0.717, 1.165) is 22.3 Å². The molecule has 0 atom stereocenters. The minimum Gasteiger partial charge on any atom is -0.481 e. The predicted octanol–water partition coefficient (Wildman–Crippen LogP) is 4.86. The number of carboxylic acid groups (broad SMARTS) is 1. The third-order valence-corrected chi connectivity index (χ3v) is 6.64. The predicted molar refractivity (Wildman–Crippen MR) is 127 cm³/mol. The SMILES string of the molecule is O=C(Nc1cc(C(=O)N2CC(C(=O)O)C2)ccc1Cl)OCC1c2ccccc2-c2ccccc21. The molecule has 3 aromatic rings. The van der Waals surface area contributed by atoms with Gasteiger partial charge in [0.2, 0.25) is 0 Å². The zero-order chi connectivity index (χ0) is 23.8. The first-order valence-electron chi connectivity index (χ1n) is 10.9. The average Bonchev–Trinajstić information content (AvgIpc) is 3.11. The standard InChI is InChI=1S/C26H21ClN2O5/c27-22-10-9-15(24(30)29-12-16(13-29)25(31)32)11-23(22)28-26(33)34-14-21-19-7-3-1-5-17(19)18-6-2-4-8-20(18)21/h1-11,16,21H,12-14H2,(H,28,33)(H,31,32). The summed E-state index contributed by atoms with van der Waals surface area (Å²) in [6, 6.07) is 20.7. The number of amides is 2. The smallest absolute Gasteiger partial charge is 0.411 e. The van der Waals surface area contributed by atoms with E-state index < -0.39 is 18.0 Å². The monoisotopic (exact) mass is 476 g/mol. The van der Waals surface area contributed by atoms with Crippen molar-refractivity contribution in [1.29, 1.82) is 0 Å². The summed E-state index contributed by atoms with van der Waals surface area (Å²) in [5, 5.41) is 11.9. The fraction of sp³-hybridized carbons (Fsp3) is 0.192. The Morgan fingerprint density at radius 1 is 0.971 bits per heavy atom. The molecule has 0 saturated carbocycles. The summed E-state index contributed by atoms with van der Waals surface area (Å²) in [7, 11) is 0. The molecule has 0 aromatic heterocycles. The summed E-state index contributed by atoms with van der Waals surface area (Å²) < 4.78 is 5.55. The van der Waals surface area contributed by atoms with Crippen LogP contribution in [0.15, 0.2) is 66.7 Å². The van der Waals surface area contributed by atoms with Crippen molar-refractivity contribution in [2.24, 2.45) is 5.92 Å². The second kappa shape index (κ2) is 8.83. The highest BCUT2D eigenvalue weighted by atomic mass is 35.5. The number of likely N-dealkylation sites (tertiary alicyclic amines) is 1. The first-order chi connectivity index (χ1) is 16.4. The normalized spacial score (nSPS) is 14.7.